The zero-order valence-corrected chi connectivity index (χ0v) is 13.3. The zero-order valence-electron chi connectivity index (χ0n) is 10.8. The maximum Gasteiger partial charge on any atom is 0.250 e. The van der Waals surface area contributed by atoms with Gasteiger partial charge in [0.25, 0.3) is 10.0 Å². The van der Waals surface area contributed by atoms with E-state index >= 15 is 0 Å². The fourth-order valence-electron chi connectivity index (χ4n) is 1.44. The molecule has 0 bridgehead atoms. The molecule has 0 aromatic carbocycles. The van der Waals surface area contributed by atoms with E-state index in [0.717, 1.165) is 17.0 Å². The normalized spacial score (nSPS) is 11.7. The lowest BCUT2D eigenvalue weighted by atomic mass is 10.4. The van der Waals surface area contributed by atoms with E-state index in [0.29, 0.717) is 16.5 Å². The first-order valence-corrected chi connectivity index (χ1v) is 8.32. The van der Waals surface area contributed by atoms with Crippen LogP contribution in [-0.4, -0.2) is 18.4 Å². The summed E-state index contributed by atoms with van der Waals surface area (Å²) in [6, 6.07) is 3.05. The number of hydrogen-bond donors (Lipinski definition) is 2. The molecule has 0 fully saturated rings. The molecule has 2 heterocycles. The molecule has 0 aliphatic rings. The van der Waals surface area contributed by atoms with E-state index in [2.05, 4.69) is 9.71 Å². The van der Waals surface area contributed by atoms with Crippen LogP contribution in [0.3, 0.4) is 0 Å². The third-order valence-electron chi connectivity index (χ3n) is 2.58. The van der Waals surface area contributed by atoms with Gasteiger partial charge in [-0.05, 0) is 26.0 Å². The number of sulfonamides is 1. The van der Waals surface area contributed by atoms with Crippen LogP contribution in [0.5, 0.6) is 0 Å². The predicted molar refractivity (Wildman–Crippen MR) is 80.2 cm³/mol. The highest BCUT2D eigenvalue weighted by Gasteiger charge is 2.18. The second-order valence-corrected chi connectivity index (χ2v) is 7.57. The molecule has 20 heavy (non-hydrogen) atoms. The van der Waals surface area contributed by atoms with Crippen LogP contribution in [0.25, 0.3) is 0 Å². The smallest absolute Gasteiger partial charge is 0.250 e. The van der Waals surface area contributed by atoms with Crippen LogP contribution in [-0.2, 0) is 16.6 Å². The number of nitrogens with one attached hydrogen (secondary N) is 1. The van der Waals surface area contributed by atoms with Gasteiger partial charge in [-0.3, -0.25) is 0 Å². The Labute approximate surface area is 126 Å². The molecule has 0 aliphatic carbocycles. The van der Waals surface area contributed by atoms with Crippen LogP contribution < -0.4 is 10.5 Å². The fraction of sp³-hybridized carbons (Fsp3) is 0.273. The molecule has 0 radical (unpaired) electrons. The van der Waals surface area contributed by atoms with Gasteiger partial charge in [-0.2, -0.15) is 0 Å². The molecule has 0 saturated carbocycles. The van der Waals surface area contributed by atoms with Crippen molar-refractivity contribution in [3.05, 3.63) is 34.4 Å². The van der Waals surface area contributed by atoms with Crippen molar-refractivity contribution in [3.8, 4) is 0 Å². The highest BCUT2D eigenvalue weighted by Crippen LogP contribution is 2.21. The Hall–Kier alpha value is -1.29. The van der Waals surface area contributed by atoms with Crippen LogP contribution in [0.2, 0.25) is 0 Å². The summed E-state index contributed by atoms with van der Waals surface area (Å²) in [4.78, 5) is 4.84. The summed E-state index contributed by atoms with van der Waals surface area (Å²) in [6.07, 6.45) is 0. The molecule has 0 amide bonds. The minimum absolute atomic E-state index is 0.00266. The maximum atomic E-state index is 12.1. The minimum atomic E-state index is -3.62. The Balaban J connectivity index is 2.12. The van der Waals surface area contributed by atoms with Gasteiger partial charge in [0.15, 0.2) is 0 Å². The van der Waals surface area contributed by atoms with Gasteiger partial charge in [-0.1, -0.05) is 12.2 Å². The van der Waals surface area contributed by atoms with E-state index in [1.807, 2.05) is 0 Å². The zero-order chi connectivity index (χ0) is 14.9. The number of rotatable bonds is 5. The molecular formula is C11H13N3O3S3. The summed E-state index contributed by atoms with van der Waals surface area (Å²) in [5, 5.41) is 0. The number of aryl methyl sites for hydroxylation is 2. The Kier molecular flexibility index (Phi) is 4.23. The van der Waals surface area contributed by atoms with Gasteiger partial charge < -0.3 is 10.2 Å². The van der Waals surface area contributed by atoms with E-state index < -0.39 is 10.0 Å². The van der Waals surface area contributed by atoms with E-state index in [1.54, 1.807) is 19.9 Å². The molecule has 2 aromatic heterocycles. The number of nitrogens with two attached hydrogens (primary N) is 1. The summed E-state index contributed by atoms with van der Waals surface area (Å²) in [7, 11) is -3.62. The third kappa shape index (κ3) is 3.23. The number of thiocarbonyl (C=S) groups is 1. The summed E-state index contributed by atoms with van der Waals surface area (Å²) in [6.45, 7) is 3.57. The van der Waals surface area contributed by atoms with Crippen molar-refractivity contribution in [1.82, 2.24) is 9.71 Å². The van der Waals surface area contributed by atoms with Crippen LogP contribution in [0, 0.1) is 13.8 Å². The number of aromatic nitrogens is 1. The van der Waals surface area contributed by atoms with Crippen LogP contribution >= 0.6 is 23.6 Å². The fourth-order valence-corrected chi connectivity index (χ4v) is 3.81. The van der Waals surface area contributed by atoms with Gasteiger partial charge in [-0.15, -0.1) is 11.3 Å². The average molecular weight is 331 g/mol. The Bertz CT molecular complexity index is 727. The van der Waals surface area contributed by atoms with Crippen molar-refractivity contribution in [2.75, 3.05) is 0 Å². The van der Waals surface area contributed by atoms with Crippen LogP contribution in [0.15, 0.2) is 20.8 Å². The van der Waals surface area contributed by atoms with Gasteiger partial charge in [0.1, 0.15) is 15.0 Å². The maximum absolute atomic E-state index is 12.1. The molecule has 0 atom stereocenters. The van der Waals surface area contributed by atoms with Gasteiger partial charge >= 0.3 is 0 Å². The molecule has 108 valence electrons. The van der Waals surface area contributed by atoms with Gasteiger partial charge in [-0.25, -0.2) is 18.1 Å². The highest BCUT2D eigenvalue weighted by molar-refractivity contribution is 7.91. The molecule has 0 spiro atoms. The molecule has 2 aromatic rings. The molecule has 0 saturated heterocycles. The molecule has 0 unspecified atom stereocenters. The number of thiophene rings is 1. The highest BCUT2D eigenvalue weighted by atomic mass is 32.2. The molecular weight excluding hydrogens is 318 g/mol. The van der Waals surface area contributed by atoms with Crippen molar-refractivity contribution >= 4 is 38.6 Å². The second-order valence-electron chi connectivity index (χ2n) is 4.06. The Morgan fingerprint density at radius 3 is 2.70 bits per heavy atom. The number of hydrogen-bond acceptors (Lipinski definition) is 6. The molecule has 0 aliphatic heterocycles. The van der Waals surface area contributed by atoms with Crippen molar-refractivity contribution in [2.45, 2.75) is 24.6 Å². The Morgan fingerprint density at radius 2 is 2.20 bits per heavy atom. The first-order chi connectivity index (χ1) is 9.29. The monoisotopic (exact) mass is 331 g/mol. The quantitative estimate of drug-likeness (QED) is 0.805. The lowest BCUT2D eigenvalue weighted by Crippen LogP contribution is -2.22. The first-order valence-electron chi connectivity index (χ1n) is 5.62. The summed E-state index contributed by atoms with van der Waals surface area (Å²) >= 11 is 5.83. The summed E-state index contributed by atoms with van der Waals surface area (Å²) < 4.78 is 32.1. The van der Waals surface area contributed by atoms with E-state index in [4.69, 9.17) is 22.4 Å². The number of oxazole rings is 1. The lowest BCUT2D eigenvalue weighted by molar-refractivity contribution is 0.463. The molecule has 9 heteroatoms. The largest absolute Gasteiger partial charge is 0.444 e. The third-order valence-corrected chi connectivity index (χ3v) is 5.94. The van der Waals surface area contributed by atoms with Gasteiger partial charge in [0.05, 0.1) is 17.1 Å². The van der Waals surface area contributed by atoms with Crippen LogP contribution in [0.1, 0.15) is 22.2 Å². The van der Waals surface area contributed by atoms with E-state index in [9.17, 15) is 8.42 Å². The summed E-state index contributed by atoms with van der Waals surface area (Å²) in [5.74, 6) is 1.00. The average Bonchev–Trinajstić information content (AvgIpc) is 2.96. The van der Waals surface area contributed by atoms with Gasteiger partial charge in [0.2, 0.25) is 5.89 Å². The summed E-state index contributed by atoms with van der Waals surface area (Å²) in [5.41, 5.74) is 6.20. The van der Waals surface area contributed by atoms with E-state index in [1.165, 1.54) is 6.07 Å². The minimum Gasteiger partial charge on any atom is -0.444 e. The predicted octanol–water partition coefficient (Wildman–Crippen LogP) is 1.47. The standard InChI is InChI=1S/C11H13N3O3S3/c1-6-7(2)17-9(14-6)5-13-20(15,16)10-4-3-8(19-10)11(12)18/h3-4,13H,5H2,1-2H3,(H2,12,18). The molecule has 2 rings (SSSR count). The molecule has 3 N–H and O–H groups in total. The van der Waals surface area contributed by atoms with Crippen molar-refractivity contribution < 1.29 is 12.8 Å². The van der Waals surface area contributed by atoms with Crippen molar-refractivity contribution in [2.24, 2.45) is 5.73 Å². The van der Waals surface area contributed by atoms with Crippen molar-refractivity contribution in [3.63, 3.8) is 0 Å². The number of nitrogens with zero attached hydrogens (tertiary/aromatic N) is 1. The van der Waals surface area contributed by atoms with Gasteiger partial charge in [0, 0.05) is 0 Å². The van der Waals surface area contributed by atoms with E-state index in [-0.39, 0.29) is 15.7 Å². The lowest BCUT2D eigenvalue weighted by Gasteiger charge is -2.01. The second kappa shape index (κ2) is 5.60. The van der Waals surface area contributed by atoms with Crippen molar-refractivity contribution in [1.29, 1.82) is 0 Å². The first kappa shape index (κ1) is 15.1. The topological polar surface area (TPSA) is 98.2 Å². The Morgan fingerprint density at radius 1 is 1.50 bits per heavy atom. The SMILES string of the molecule is Cc1nc(CNS(=O)(=O)c2ccc(C(N)=S)s2)oc1C. The molecule has 6 nitrogen and oxygen atoms in total. The van der Waals surface area contributed by atoms with Crippen LogP contribution in [0.4, 0.5) is 0 Å².